The molecule has 130 valence electrons. The van der Waals surface area contributed by atoms with Crippen molar-refractivity contribution in [2.24, 2.45) is 0 Å². The van der Waals surface area contributed by atoms with Gasteiger partial charge in [-0.1, -0.05) is 12.1 Å². The molecular formula is C17H11N3O4S2. The molecule has 9 heteroatoms. The minimum absolute atomic E-state index is 0.0388. The predicted octanol–water partition coefficient (Wildman–Crippen LogP) is 2.33. The summed E-state index contributed by atoms with van der Waals surface area (Å²) in [6.45, 7) is -0.377. The third kappa shape index (κ3) is 2.65. The molecule has 0 saturated carbocycles. The number of phenolic OH excluding ortho intramolecular Hbond substituents is 1. The van der Waals surface area contributed by atoms with Gasteiger partial charge in [0.2, 0.25) is 0 Å². The maximum absolute atomic E-state index is 12.0. The van der Waals surface area contributed by atoms with Crippen LogP contribution in [-0.4, -0.2) is 26.0 Å². The highest BCUT2D eigenvalue weighted by molar-refractivity contribution is 7.92. The number of hydrogen-bond donors (Lipinski definition) is 2. The SMILES string of the molecule is N#Cc1ccc(-c2ccc3cc(O)c(N4CC(=O)NS4(=O)=O)cc3c2)s1. The lowest BCUT2D eigenvalue weighted by Gasteiger charge is -2.17. The van der Waals surface area contributed by atoms with Crippen molar-refractivity contribution in [3.8, 4) is 22.3 Å². The van der Waals surface area contributed by atoms with Crippen molar-refractivity contribution in [3.63, 3.8) is 0 Å². The number of hydrogen-bond acceptors (Lipinski definition) is 6. The summed E-state index contributed by atoms with van der Waals surface area (Å²) in [6, 6.07) is 14.2. The third-order valence-corrected chi connectivity index (χ3v) is 6.45. The maximum Gasteiger partial charge on any atom is 0.326 e. The first-order chi connectivity index (χ1) is 12.4. The number of anilines is 1. The molecule has 2 aromatic carbocycles. The van der Waals surface area contributed by atoms with Crippen LogP contribution in [-0.2, 0) is 15.0 Å². The molecular weight excluding hydrogens is 374 g/mol. The number of aromatic hydroxyl groups is 1. The highest BCUT2D eigenvalue weighted by Crippen LogP contribution is 2.37. The van der Waals surface area contributed by atoms with Gasteiger partial charge in [-0.25, -0.2) is 9.03 Å². The highest BCUT2D eigenvalue weighted by atomic mass is 32.2. The van der Waals surface area contributed by atoms with E-state index in [2.05, 4.69) is 6.07 Å². The number of thiophene rings is 1. The average molecular weight is 385 g/mol. The number of carbonyl (C=O) groups is 1. The zero-order valence-electron chi connectivity index (χ0n) is 13.1. The molecule has 2 heterocycles. The molecule has 4 rings (SSSR count). The van der Waals surface area contributed by atoms with E-state index in [0.717, 1.165) is 20.1 Å². The molecule has 0 atom stereocenters. The molecule has 1 amide bonds. The number of nitriles is 1. The fourth-order valence-corrected chi connectivity index (χ4v) is 4.80. The fraction of sp³-hybridized carbons (Fsp3) is 0.0588. The monoisotopic (exact) mass is 385 g/mol. The van der Waals surface area contributed by atoms with E-state index < -0.39 is 16.1 Å². The summed E-state index contributed by atoms with van der Waals surface area (Å²) in [7, 11) is -4.00. The van der Waals surface area contributed by atoms with E-state index in [1.165, 1.54) is 23.5 Å². The smallest absolute Gasteiger partial charge is 0.326 e. The number of fused-ring (bicyclic) bond motifs is 1. The zero-order chi connectivity index (χ0) is 18.5. The zero-order valence-corrected chi connectivity index (χ0v) is 14.8. The Balaban J connectivity index is 1.85. The number of nitrogens with one attached hydrogen (secondary N) is 1. The van der Waals surface area contributed by atoms with Gasteiger partial charge >= 0.3 is 10.2 Å². The van der Waals surface area contributed by atoms with Gasteiger partial charge in [-0.3, -0.25) is 4.79 Å². The third-order valence-electron chi connectivity index (χ3n) is 4.02. The molecule has 1 aromatic heterocycles. The van der Waals surface area contributed by atoms with Gasteiger partial charge in [0, 0.05) is 4.88 Å². The maximum atomic E-state index is 12.0. The van der Waals surface area contributed by atoms with E-state index in [1.807, 2.05) is 29.0 Å². The van der Waals surface area contributed by atoms with E-state index in [1.54, 1.807) is 6.07 Å². The van der Waals surface area contributed by atoms with E-state index >= 15 is 0 Å². The van der Waals surface area contributed by atoms with E-state index in [9.17, 15) is 18.3 Å². The lowest BCUT2D eigenvalue weighted by atomic mass is 10.0. The van der Waals surface area contributed by atoms with E-state index in [-0.39, 0.29) is 18.0 Å². The van der Waals surface area contributed by atoms with Gasteiger partial charge in [-0.15, -0.1) is 11.3 Å². The lowest BCUT2D eigenvalue weighted by Crippen LogP contribution is -2.29. The minimum atomic E-state index is -4.00. The van der Waals surface area contributed by atoms with Crippen LogP contribution in [0.5, 0.6) is 5.75 Å². The van der Waals surface area contributed by atoms with Crippen molar-refractivity contribution < 1.29 is 18.3 Å². The summed E-state index contributed by atoms with van der Waals surface area (Å²) in [5.41, 5.74) is 0.913. The second-order valence-electron chi connectivity index (χ2n) is 5.72. The largest absolute Gasteiger partial charge is 0.506 e. The number of amides is 1. The first kappa shape index (κ1) is 16.4. The van der Waals surface area contributed by atoms with Gasteiger partial charge in [0.15, 0.2) is 0 Å². The van der Waals surface area contributed by atoms with Crippen molar-refractivity contribution in [2.45, 2.75) is 0 Å². The summed E-state index contributed by atoms with van der Waals surface area (Å²) in [6.07, 6.45) is 0. The number of benzene rings is 2. The quantitative estimate of drug-likeness (QED) is 0.703. The number of phenols is 1. The van der Waals surface area contributed by atoms with Crippen LogP contribution in [0.15, 0.2) is 42.5 Å². The molecule has 0 aliphatic carbocycles. The van der Waals surface area contributed by atoms with Crippen LogP contribution in [0.3, 0.4) is 0 Å². The Morgan fingerprint density at radius 1 is 1.15 bits per heavy atom. The van der Waals surface area contributed by atoms with Crippen LogP contribution in [0.1, 0.15) is 4.88 Å². The normalized spacial score (nSPS) is 15.8. The van der Waals surface area contributed by atoms with Gasteiger partial charge in [-0.05, 0) is 46.7 Å². The molecule has 0 unspecified atom stereocenters. The molecule has 1 saturated heterocycles. The second-order valence-corrected chi connectivity index (χ2v) is 8.39. The van der Waals surface area contributed by atoms with Gasteiger partial charge in [0.25, 0.3) is 5.91 Å². The minimum Gasteiger partial charge on any atom is -0.506 e. The summed E-state index contributed by atoms with van der Waals surface area (Å²) in [4.78, 5) is 13.0. The van der Waals surface area contributed by atoms with E-state index in [4.69, 9.17) is 5.26 Å². The Morgan fingerprint density at radius 2 is 1.96 bits per heavy atom. The van der Waals surface area contributed by atoms with Gasteiger partial charge in [0.1, 0.15) is 23.2 Å². The fourth-order valence-electron chi connectivity index (χ4n) is 2.84. The molecule has 1 fully saturated rings. The molecule has 0 bridgehead atoms. The number of carbonyl (C=O) groups excluding carboxylic acids is 1. The van der Waals surface area contributed by atoms with Crippen molar-refractivity contribution in [2.75, 3.05) is 10.8 Å². The predicted molar refractivity (Wildman–Crippen MR) is 98.0 cm³/mol. The molecule has 0 radical (unpaired) electrons. The topological polar surface area (TPSA) is 110 Å². The van der Waals surface area contributed by atoms with Crippen LogP contribution in [0.2, 0.25) is 0 Å². The first-order valence-corrected chi connectivity index (χ1v) is 9.73. The van der Waals surface area contributed by atoms with Crippen molar-refractivity contribution in [3.05, 3.63) is 47.3 Å². The van der Waals surface area contributed by atoms with Crippen molar-refractivity contribution >= 4 is 43.9 Å². The first-order valence-electron chi connectivity index (χ1n) is 7.48. The van der Waals surface area contributed by atoms with Gasteiger partial charge < -0.3 is 5.11 Å². The second kappa shape index (κ2) is 5.72. The summed E-state index contributed by atoms with van der Waals surface area (Å²) >= 11 is 1.36. The highest BCUT2D eigenvalue weighted by Gasteiger charge is 2.35. The van der Waals surface area contributed by atoms with Crippen LogP contribution in [0.4, 0.5) is 5.69 Å². The van der Waals surface area contributed by atoms with Crippen LogP contribution in [0.25, 0.3) is 21.2 Å². The van der Waals surface area contributed by atoms with Crippen molar-refractivity contribution in [1.29, 1.82) is 5.26 Å². The molecule has 0 spiro atoms. The molecule has 3 aromatic rings. The Hall–Kier alpha value is -3.09. The van der Waals surface area contributed by atoms with Gasteiger partial charge in [0.05, 0.1) is 5.69 Å². The summed E-state index contributed by atoms with van der Waals surface area (Å²) < 4.78 is 26.8. The van der Waals surface area contributed by atoms with Crippen molar-refractivity contribution in [1.82, 2.24) is 4.72 Å². The van der Waals surface area contributed by atoms with Crippen LogP contribution >= 0.6 is 11.3 Å². The molecule has 1 aliphatic rings. The Kier molecular flexibility index (Phi) is 3.61. The number of rotatable bonds is 2. The van der Waals surface area contributed by atoms with Crippen LogP contribution < -0.4 is 9.03 Å². The summed E-state index contributed by atoms with van der Waals surface area (Å²) in [5.74, 6) is -0.880. The Bertz CT molecular complexity index is 1210. The lowest BCUT2D eigenvalue weighted by molar-refractivity contribution is -0.117. The Morgan fingerprint density at radius 3 is 2.62 bits per heavy atom. The van der Waals surface area contributed by atoms with Gasteiger partial charge in [-0.2, -0.15) is 13.7 Å². The van der Waals surface area contributed by atoms with Crippen LogP contribution in [0, 0.1) is 11.3 Å². The number of nitrogens with zero attached hydrogens (tertiary/aromatic N) is 2. The Labute approximate surface area is 152 Å². The standard InChI is InChI=1S/C17H11N3O4S2/c18-8-13-3-4-16(25-13)11-2-1-10-7-15(21)14(6-12(10)5-11)20-9-17(22)19-26(20,23)24/h1-7,21H,9H2,(H,19,22). The summed E-state index contributed by atoms with van der Waals surface area (Å²) in [5, 5.41) is 20.6. The molecule has 2 N–H and O–H groups in total. The average Bonchev–Trinajstić information content (AvgIpc) is 3.17. The molecule has 1 aliphatic heterocycles. The van der Waals surface area contributed by atoms with E-state index in [0.29, 0.717) is 10.3 Å². The molecule has 7 nitrogen and oxygen atoms in total. The molecule has 26 heavy (non-hydrogen) atoms.